The molecule has 0 aromatic rings. The van der Waals surface area contributed by atoms with Gasteiger partial charge in [0, 0.05) is 6.42 Å². The van der Waals surface area contributed by atoms with Crippen LogP contribution in [0.2, 0.25) is 0 Å². The van der Waals surface area contributed by atoms with E-state index in [1.54, 1.807) is 0 Å². The third-order valence-electron chi connectivity index (χ3n) is 1.55. The lowest BCUT2D eigenvalue weighted by molar-refractivity contribution is 0.0107. The van der Waals surface area contributed by atoms with E-state index in [1.807, 2.05) is 13.8 Å². The van der Waals surface area contributed by atoms with Crippen LogP contribution < -0.4 is 5.73 Å². The highest BCUT2D eigenvalue weighted by Gasteiger charge is 2.07. The minimum Gasteiger partial charge on any atom is -0.388 e. The van der Waals surface area contributed by atoms with E-state index >= 15 is 0 Å². The molecule has 0 aromatic heterocycles. The Bertz CT molecular complexity index is 125. The minimum atomic E-state index is 0.0717. The van der Waals surface area contributed by atoms with E-state index in [4.69, 9.17) is 15.9 Å². The van der Waals surface area contributed by atoms with Crippen LogP contribution >= 0.6 is 0 Å². The van der Waals surface area contributed by atoms with Crippen molar-refractivity contribution < 1.29 is 4.74 Å². The van der Waals surface area contributed by atoms with Gasteiger partial charge in [0.2, 0.25) is 0 Å². The molecule has 0 fully saturated rings. The van der Waals surface area contributed by atoms with Crippen LogP contribution in [0.4, 0.5) is 0 Å². The third-order valence-corrected chi connectivity index (χ3v) is 1.55. The molecule has 0 heterocycles. The first kappa shape index (κ1) is 10.4. The summed E-state index contributed by atoms with van der Waals surface area (Å²) in [6.07, 6.45) is 1.87. The Morgan fingerprint density at radius 3 is 2.36 bits per heavy atom. The molecule has 0 spiro atoms. The lowest BCUT2D eigenvalue weighted by Gasteiger charge is -2.16. The van der Waals surface area contributed by atoms with E-state index in [9.17, 15) is 0 Å². The summed E-state index contributed by atoms with van der Waals surface area (Å²) in [5.41, 5.74) is 5.21. The molecule has 0 radical (unpaired) electrons. The van der Waals surface area contributed by atoms with Gasteiger partial charge in [0.15, 0.2) is 0 Å². The molecule has 0 saturated heterocycles. The van der Waals surface area contributed by atoms with Gasteiger partial charge in [-0.2, -0.15) is 0 Å². The summed E-state index contributed by atoms with van der Waals surface area (Å²) >= 11 is 0. The Morgan fingerprint density at radius 1 is 1.45 bits per heavy atom. The molecule has 2 unspecified atom stereocenters. The molecule has 66 valence electrons. The van der Waals surface area contributed by atoms with Crippen molar-refractivity contribution in [2.45, 2.75) is 45.8 Å². The zero-order chi connectivity index (χ0) is 8.85. The van der Waals surface area contributed by atoms with E-state index in [1.165, 1.54) is 0 Å². The van der Waals surface area contributed by atoms with Crippen LogP contribution in [0.15, 0.2) is 0 Å². The summed E-state index contributed by atoms with van der Waals surface area (Å²) in [5.74, 6) is 0.195. The summed E-state index contributed by atoms with van der Waals surface area (Å²) < 4.78 is 5.49. The van der Waals surface area contributed by atoms with Crippen molar-refractivity contribution in [2.75, 3.05) is 0 Å². The molecule has 0 amide bonds. The van der Waals surface area contributed by atoms with Crippen molar-refractivity contribution in [1.29, 1.82) is 5.41 Å². The molecule has 0 aromatic carbocycles. The Kier molecular flexibility index (Phi) is 4.86. The number of hydrogen-bond acceptors (Lipinski definition) is 2. The predicted octanol–water partition coefficient (Wildman–Crippen LogP) is 1.52. The maximum atomic E-state index is 7.02. The van der Waals surface area contributed by atoms with E-state index in [0.29, 0.717) is 6.42 Å². The normalized spacial score (nSPS) is 15.9. The highest BCUT2D eigenvalue weighted by molar-refractivity contribution is 5.77. The first-order chi connectivity index (χ1) is 5.06. The average molecular weight is 158 g/mol. The van der Waals surface area contributed by atoms with Crippen molar-refractivity contribution in [2.24, 2.45) is 5.73 Å². The summed E-state index contributed by atoms with van der Waals surface area (Å²) in [6, 6.07) is 0. The Hall–Kier alpha value is -0.570. The number of rotatable bonds is 5. The molecule has 0 saturated carbocycles. The maximum Gasteiger partial charge on any atom is 0.0931 e. The number of hydrogen-bond donors (Lipinski definition) is 2. The molecule has 3 nitrogen and oxygen atoms in total. The molecule has 0 aliphatic rings. The second-order valence-corrected chi connectivity index (χ2v) is 2.89. The molecule has 0 rings (SSSR count). The van der Waals surface area contributed by atoms with Crippen LogP contribution in [0.25, 0.3) is 0 Å². The first-order valence-electron chi connectivity index (χ1n) is 4.04. The van der Waals surface area contributed by atoms with Crippen LogP contribution in [0, 0.1) is 5.41 Å². The van der Waals surface area contributed by atoms with Gasteiger partial charge < -0.3 is 10.5 Å². The van der Waals surface area contributed by atoms with Crippen LogP contribution in [-0.4, -0.2) is 18.0 Å². The summed E-state index contributed by atoms with van der Waals surface area (Å²) in [4.78, 5) is 0. The van der Waals surface area contributed by atoms with Gasteiger partial charge in [-0.15, -0.1) is 0 Å². The SMILES string of the molecule is CCC(C)OC(C)CC(=N)N. The van der Waals surface area contributed by atoms with Crippen molar-refractivity contribution in [3.05, 3.63) is 0 Å². The molecule has 2 atom stereocenters. The maximum absolute atomic E-state index is 7.02. The number of ether oxygens (including phenoxy) is 1. The van der Waals surface area contributed by atoms with Crippen LogP contribution in [0.3, 0.4) is 0 Å². The highest BCUT2D eigenvalue weighted by Crippen LogP contribution is 2.04. The number of nitrogens with one attached hydrogen (secondary N) is 1. The number of amidine groups is 1. The molecule has 3 heteroatoms. The fraction of sp³-hybridized carbons (Fsp3) is 0.875. The Balaban J connectivity index is 3.51. The molecule has 0 aliphatic heterocycles. The summed E-state index contributed by atoms with van der Waals surface area (Å²) in [5, 5.41) is 7.02. The fourth-order valence-electron chi connectivity index (χ4n) is 0.851. The quantitative estimate of drug-likeness (QED) is 0.470. The zero-order valence-electron chi connectivity index (χ0n) is 7.55. The second-order valence-electron chi connectivity index (χ2n) is 2.89. The average Bonchev–Trinajstić information content (AvgIpc) is 1.85. The van der Waals surface area contributed by atoms with Crippen LogP contribution in [0.1, 0.15) is 33.6 Å². The van der Waals surface area contributed by atoms with E-state index in [-0.39, 0.29) is 18.0 Å². The van der Waals surface area contributed by atoms with E-state index < -0.39 is 0 Å². The molecular formula is C8H18N2O. The van der Waals surface area contributed by atoms with Crippen molar-refractivity contribution in [3.63, 3.8) is 0 Å². The van der Waals surface area contributed by atoms with E-state index in [0.717, 1.165) is 6.42 Å². The van der Waals surface area contributed by atoms with Gasteiger partial charge in [0.05, 0.1) is 18.0 Å². The van der Waals surface area contributed by atoms with Gasteiger partial charge in [-0.25, -0.2) is 0 Å². The summed E-state index contributed by atoms with van der Waals surface area (Å²) in [6.45, 7) is 6.04. The predicted molar refractivity (Wildman–Crippen MR) is 46.8 cm³/mol. The molecule has 11 heavy (non-hydrogen) atoms. The second kappa shape index (κ2) is 5.13. The van der Waals surface area contributed by atoms with Gasteiger partial charge in [-0.1, -0.05) is 6.92 Å². The van der Waals surface area contributed by atoms with Gasteiger partial charge in [-0.05, 0) is 20.3 Å². The molecule has 0 aliphatic carbocycles. The van der Waals surface area contributed by atoms with Gasteiger partial charge in [-0.3, -0.25) is 5.41 Å². The van der Waals surface area contributed by atoms with Crippen LogP contribution in [0.5, 0.6) is 0 Å². The topological polar surface area (TPSA) is 59.1 Å². The molecule has 0 bridgehead atoms. The smallest absolute Gasteiger partial charge is 0.0931 e. The Labute approximate surface area is 68.4 Å². The van der Waals surface area contributed by atoms with Gasteiger partial charge in [0.25, 0.3) is 0 Å². The lowest BCUT2D eigenvalue weighted by atomic mass is 10.2. The van der Waals surface area contributed by atoms with Crippen molar-refractivity contribution >= 4 is 5.84 Å². The molecule has 3 N–H and O–H groups in total. The monoisotopic (exact) mass is 158 g/mol. The van der Waals surface area contributed by atoms with Crippen molar-refractivity contribution in [3.8, 4) is 0 Å². The van der Waals surface area contributed by atoms with Crippen LogP contribution in [-0.2, 0) is 4.74 Å². The fourth-order valence-corrected chi connectivity index (χ4v) is 0.851. The largest absolute Gasteiger partial charge is 0.388 e. The third kappa shape index (κ3) is 5.85. The Morgan fingerprint density at radius 2 is 2.00 bits per heavy atom. The van der Waals surface area contributed by atoms with Gasteiger partial charge in [0.1, 0.15) is 0 Å². The summed E-state index contributed by atoms with van der Waals surface area (Å²) in [7, 11) is 0. The zero-order valence-corrected chi connectivity index (χ0v) is 7.55. The van der Waals surface area contributed by atoms with Crippen molar-refractivity contribution in [1.82, 2.24) is 0 Å². The lowest BCUT2D eigenvalue weighted by Crippen LogP contribution is -2.23. The first-order valence-corrected chi connectivity index (χ1v) is 4.04. The highest BCUT2D eigenvalue weighted by atomic mass is 16.5. The molecular weight excluding hydrogens is 140 g/mol. The van der Waals surface area contributed by atoms with E-state index in [2.05, 4.69) is 6.92 Å². The number of nitrogens with two attached hydrogens (primary N) is 1. The minimum absolute atomic E-state index is 0.0717. The standard InChI is InChI=1S/C8H18N2O/c1-4-6(2)11-7(3)5-8(9)10/h6-7H,4-5H2,1-3H3,(H3,9,10). The van der Waals surface area contributed by atoms with Gasteiger partial charge >= 0.3 is 0 Å².